The summed E-state index contributed by atoms with van der Waals surface area (Å²) >= 11 is 2.77. The predicted octanol–water partition coefficient (Wildman–Crippen LogP) is 5.58. The van der Waals surface area contributed by atoms with Gasteiger partial charge in [-0.2, -0.15) is 0 Å². The number of H-pyrrole nitrogens is 1. The summed E-state index contributed by atoms with van der Waals surface area (Å²) in [6, 6.07) is 20.6. The number of ether oxygens (including phenoxy) is 1. The number of aryl methyl sites for hydroxylation is 1. The molecular weight excluding hydrogens is 614 g/mol. The van der Waals surface area contributed by atoms with Crippen LogP contribution in [0.3, 0.4) is 0 Å². The van der Waals surface area contributed by atoms with Crippen LogP contribution in [0.5, 0.6) is 5.75 Å². The molecule has 11 heteroatoms. The van der Waals surface area contributed by atoms with Crippen LogP contribution in [0.4, 0.5) is 15.8 Å². The first-order valence-electron chi connectivity index (χ1n) is 14.9. The van der Waals surface area contributed by atoms with Crippen molar-refractivity contribution < 1.29 is 23.5 Å². The number of aromatic nitrogens is 1. The van der Waals surface area contributed by atoms with Crippen molar-refractivity contribution in [3.8, 4) is 5.75 Å². The molecule has 3 aromatic carbocycles. The standard InChI is InChI=1S/C34H28FN3O5S2/c1-16-6-10-18(11-7-16)36-24(39)15-43-23-5-3-2-4-20(23)25-26-21-14-22(29(26)44-31-30(25)45-34(42)37-31)28-27(21)32(40)38(33(28)41)19-12-8-17(35)9-13-19/h2-13,21-22,25-29H,14-15H2,1H3,(H,36,39)(H,37,42)/t21-,22-,25+,26-,27+,28+,29-/m1/s1. The van der Waals surface area contributed by atoms with Crippen molar-refractivity contribution >= 4 is 52.2 Å². The monoisotopic (exact) mass is 641 g/mol. The fraction of sp³-hybridized carbons (Fsp3) is 0.294. The SMILES string of the molecule is Cc1ccc(NC(=O)COc2ccccc2[C@@H]2c3sc(=O)[nH]c3S[C@@H]3[C@@H]4C[C@@H]([C@@H]5C(=O)N(c6ccc(F)cc6)C(=O)[C@@H]45)[C@H]23)cc1. The topological polar surface area (TPSA) is 109 Å². The zero-order valence-electron chi connectivity index (χ0n) is 24.1. The zero-order chi connectivity index (χ0) is 31.0. The number of nitrogens with one attached hydrogen (secondary N) is 2. The molecule has 2 N–H and O–H groups in total. The molecule has 1 saturated heterocycles. The van der Waals surface area contributed by atoms with Gasteiger partial charge in [-0.3, -0.25) is 24.1 Å². The van der Waals surface area contributed by atoms with Gasteiger partial charge < -0.3 is 15.0 Å². The van der Waals surface area contributed by atoms with E-state index in [0.717, 1.165) is 27.5 Å². The van der Waals surface area contributed by atoms with E-state index in [0.29, 0.717) is 17.1 Å². The molecule has 3 fully saturated rings. The molecule has 0 unspecified atom stereocenters. The number of fused-ring (bicyclic) bond motifs is 9. The van der Waals surface area contributed by atoms with E-state index in [-0.39, 0.29) is 58.1 Å². The maximum Gasteiger partial charge on any atom is 0.305 e. The number of hydrogen-bond donors (Lipinski definition) is 2. The number of amides is 3. The van der Waals surface area contributed by atoms with Crippen LogP contribution in [0.25, 0.3) is 0 Å². The van der Waals surface area contributed by atoms with Crippen LogP contribution in [-0.2, 0) is 14.4 Å². The summed E-state index contributed by atoms with van der Waals surface area (Å²) in [6.07, 6.45) is 0.740. The number of carbonyl (C=O) groups is 3. The summed E-state index contributed by atoms with van der Waals surface area (Å²) in [5.74, 6) is -2.02. The van der Waals surface area contributed by atoms with E-state index < -0.39 is 17.7 Å². The van der Waals surface area contributed by atoms with Crippen LogP contribution in [0.15, 0.2) is 82.6 Å². The van der Waals surface area contributed by atoms with E-state index in [1.807, 2.05) is 55.5 Å². The molecule has 0 spiro atoms. The summed E-state index contributed by atoms with van der Waals surface area (Å²) in [7, 11) is 0. The Bertz CT molecular complexity index is 1910. The maximum absolute atomic E-state index is 13.9. The van der Waals surface area contributed by atoms with Crippen molar-refractivity contribution in [1.82, 2.24) is 4.98 Å². The third kappa shape index (κ3) is 4.54. The highest BCUT2D eigenvalue weighted by atomic mass is 32.2. The highest BCUT2D eigenvalue weighted by Gasteiger charge is 2.69. The lowest BCUT2D eigenvalue weighted by Crippen LogP contribution is -2.42. The number of benzene rings is 3. The molecule has 7 atom stereocenters. The van der Waals surface area contributed by atoms with E-state index in [9.17, 15) is 23.6 Å². The molecule has 4 aliphatic rings. The number of anilines is 2. The molecular formula is C34H28FN3O5S2. The van der Waals surface area contributed by atoms with Gasteiger partial charge in [-0.25, -0.2) is 4.39 Å². The van der Waals surface area contributed by atoms with E-state index in [1.165, 1.54) is 40.5 Å². The maximum atomic E-state index is 13.9. The Labute approximate surface area is 266 Å². The molecule has 2 aliphatic heterocycles. The number of hydrogen-bond acceptors (Lipinski definition) is 7. The summed E-state index contributed by atoms with van der Waals surface area (Å²) < 4.78 is 19.8. The van der Waals surface area contributed by atoms with Gasteiger partial charge in [0.25, 0.3) is 5.91 Å². The van der Waals surface area contributed by atoms with E-state index in [2.05, 4.69) is 10.3 Å². The second kappa shape index (κ2) is 10.7. The third-order valence-electron chi connectivity index (χ3n) is 9.76. The smallest absolute Gasteiger partial charge is 0.305 e. The zero-order valence-corrected chi connectivity index (χ0v) is 25.7. The van der Waals surface area contributed by atoms with Gasteiger partial charge in [-0.15, -0.1) is 11.8 Å². The van der Waals surface area contributed by atoms with Crippen molar-refractivity contribution in [2.24, 2.45) is 29.6 Å². The van der Waals surface area contributed by atoms with Crippen LogP contribution >= 0.6 is 23.1 Å². The average molecular weight is 642 g/mol. The Balaban J connectivity index is 1.12. The molecule has 2 aliphatic carbocycles. The number of imide groups is 1. The van der Waals surface area contributed by atoms with Crippen molar-refractivity contribution in [1.29, 1.82) is 0 Å². The van der Waals surface area contributed by atoms with Crippen LogP contribution in [0.2, 0.25) is 0 Å². The van der Waals surface area contributed by atoms with Crippen LogP contribution in [-0.4, -0.2) is 34.6 Å². The highest BCUT2D eigenvalue weighted by Crippen LogP contribution is 2.69. The average Bonchev–Trinajstić information content (AvgIpc) is 3.77. The van der Waals surface area contributed by atoms with Crippen LogP contribution < -0.4 is 19.8 Å². The number of thiazole rings is 1. The van der Waals surface area contributed by atoms with Gasteiger partial charge in [0.1, 0.15) is 11.6 Å². The molecule has 228 valence electrons. The quantitative estimate of drug-likeness (QED) is 0.266. The first-order chi connectivity index (χ1) is 21.8. The van der Waals surface area contributed by atoms with Gasteiger partial charge in [-0.1, -0.05) is 47.2 Å². The van der Waals surface area contributed by atoms with Crippen LogP contribution in [0, 0.1) is 42.3 Å². The largest absolute Gasteiger partial charge is 0.483 e. The Kier molecular flexibility index (Phi) is 6.72. The summed E-state index contributed by atoms with van der Waals surface area (Å²) in [6.45, 7) is 1.78. The minimum atomic E-state index is -0.484. The minimum absolute atomic E-state index is 0.00168. The van der Waals surface area contributed by atoms with Gasteiger partial charge in [-0.05, 0) is 73.6 Å². The van der Waals surface area contributed by atoms with Gasteiger partial charge in [0.15, 0.2) is 6.61 Å². The Morgan fingerprint density at radius 2 is 1.69 bits per heavy atom. The highest BCUT2D eigenvalue weighted by molar-refractivity contribution is 8.00. The molecule has 8 nitrogen and oxygen atoms in total. The fourth-order valence-corrected chi connectivity index (χ4v) is 10.9. The number of para-hydroxylation sites is 1. The molecule has 0 radical (unpaired) electrons. The lowest BCUT2D eigenvalue weighted by atomic mass is 9.68. The van der Waals surface area contributed by atoms with Gasteiger partial charge >= 0.3 is 4.87 Å². The Morgan fingerprint density at radius 3 is 2.44 bits per heavy atom. The molecule has 3 amide bonds. The minimum Gasteiger partial charge on any atom is -0.483 e. The van der Waals surface area contributed by atoms with Crippen molar-refractivity contribution in [2.75, 3.05) is 16.8 Å². The number of carbonyl (C=O) groups excluding carboxylic acids is 3. The molecule has 1 aromatic heterocycles. The molecule has 2 bridgehead atoms. The second-order valence-electron chi connectivity index (χ2n) is 12.2. The number of aromatic amines is 1. The second-order valence-corrected chi connectivity index (χ2v) is 14.4. The number of nitrogens with zero attached hydrogens (tertiary/aromatic N) is 1. The molecule has 2 saturated carbocycles. The summed E-state index contributed by atoms with van der Waals surface area (Å²) in [5.41, 5.74) is 3.01. The molecule has 4 aromatic rings. The lowest BCUT2D eigenvalue weighted by molar-refractivity contribution is -0.123. The van der Waals surface area contributed by atoms with Gasteiger partial charge in [0, 0.05) is 27.3 Å². The van der Waals surface area contributed by atoms with E-state index >= 15 is 0 Å². The van der Waals surface area contributed by atoms with Gasteiger partial charge in [0.05, 0.1) is 22.5 Å². The van der Waals surface area contributed by atoms with Crippen molar-refractivity contribution in [3.05, 3.63) is 104 Å². The third-order valence-corrected chi connectivity index (χ3v) is 12.3. The molecule has 8 rings (SSSR count). The fourth-order valence-electron chi connectivity index (χ4n) is 8.06. The number of thioether (sulfide) groups is 1. The Morgan fingerprint density at radius 1 is 0.978 bits per heavy atom. The first kappa shape index (κ1) is 28.3. The van der Waals surface area contributed by atoms with E-state index in [1.54, 1.807) is 11.8 Å². The molecule has 3 heterocycles. The summed E-state index contributed by atoms with van der Waals surface area (Å²) in [4.78, 5) is 58.2. The van der Waals surface area contributed by atoms with Crippen LogP contribution in [0.1, 0.15) is 28.3 Å². The first-order valence-corrected chi connectivity index (χ1v) is 16.6. The summed E-state index contributed by atoms with van der Waals surface area (Å²) in [5, 5.41) is 3.66. The van der Waals surface area contributed by atoms with Crippen molar-refractivity contribution in [2.45, 2.75) is 29.5 Å². The van der Waals surface area contributed by atoms with E-state index in [4.69, 9.17) is 4.74 Å². The predicted molar refractivity (Wildman–Crippen MR) is 169 cm³/mol. The van der Waals surface area contributed by atoms with Crippen molar-refractivity contribution in [3.63, 3.8) is 0 Å². The normalized spacial score (nSPS) is 27.7. The number of rotatable bonds is 6. The number of halogens is 1. The lowest BCUT2D eigenvalue weighted by Gasteiger charge is -2.43. The Hall–Kier alpha value is -4.22. The van der Waals surface area contributed by atoms with Gasteiger partial charge in [0.2, 0.25) is 11.8 Å². The molecule has 45 heavy (non-hydrogen) atoms.